The Balaban J connectivity index is 2.21. The zero-order valence-electron chi connectivity index (χ0n) is 12.2. The number of sulfone groups is 1. The van der Waals surface area contributed by atoms with Crippen LogP contribution in [0.4, 0.5) is 5.82 Å². The molecule has 0 saturated heterocycles. The summed E-state index contributed by atoms with van der Waals surface area (Å²) in [7, 11) is -3.15. The maximum absolute atomic E-state index is 11.7. The molecule has 0 amide bonds. The normalized spacial score (nSPS) is 16.2. The van der Waals surface area contributed by atoms with Crippen molar-refractivity contribution in [2.24, 2.45) is 0 Å². The van der Waals surface area contributed by atoms with Gasteiger partial charge in [-0.25, -0.2) is 18.4 Å². The van der Waals surface area contributed by atoms with E-state index in [4.69, 9.17) is 11.6 Å². The highest BCUT2D eigenvalue weighted by Crippen LogP contribution is 2.39. The van der Waals surface area contributed by atoms with Gasteiger partial charge in [0.05, 0.1) is 4.75 Å². The molecule has 0 radical (unpaired) electrons. The lowest BCUT2D eigenvalue weighted by molar-refractivity contribution is 0.559. The van der Waals surface area contributed by atoms with Crippen LogP contribution in [0.3, 0.4) is 0 Å². The van der Waals surface area contributed by atoms with Crippen LogP contribution < -0.4 is 5.32 Å². The Morgan fingerprint density at radius 3 is 2.45 bits per heavy atom. The van der Waals surface area contributed by atoms with E-state index in [9.17, 15) is 8.42 Å². The Bertz CT molecular complexity index is 625. The van der Waals surface area contributed by atoms with Crippen molar-refractivity contribution in [1.82, 2.24) is 9.97 Å². The van der Waals surface area contributed by atoms with Crippen molar-refractivity contribution >= 4 is 27.3 Å². The van der Waals surface area contributed by atoms with Crippen LogP contribution in [0.1, 0.15) is 44.0 Å². The Labute approximate surface area is 125 Å². The van der Waals surface area contributed by atoms with Crippen molar-refractivity contribution in [2.75, 3.05) is 18.1 Å². The zero-order chi connectivity index (χ0) is 15.1. The first-order valence-electron chi connectivity index (χ1n) is 6.59. The number of rotatable bonds is 5. The molecular formula is C13H20ClN3O2S. The van der Waals surface area contributed by atoms with Crippen molar-refractivity contribution < 1.29 is 8.42 Å². The fraction of sp³-hybridized carbons (Fsp3) is 0.692. The first kappa shape index (κ1) is 15.5. The highest BCUT2D eigenvalue weighted by molar-refractivity contribution is 7.92. The summed E-state index contributed by atoms with van der Waals surface area (Å²) in [5.41, 5.74) is 0.750. The minimum atomic E-state index is -3.15. The molecular weight excluding hydrogens is 298 g/mol. The number of nitrogens with one attached hydrogen (secondary N) is 1. The van der Waals surface area contributed by atoms with E-state index in [1.807, 2.05) is 6.92 Å². The molecule has 112 valence electrons. The predicted molar refractivity (Wildman–Crippen MR) is 81.2 cm³/mol. The molecule has 0 unspecified atom stereocenters. The molecule has 1 saturated carbocycles. The molecule has 0 spiro atoms. The summed E-state index contributed by atoms with van der Waals surface area (Å²) in [6.07, 6.45) is 3.42. The number of nitrogens with zero attached hydrogens (tertiary/aromatic N) is 2. The minimum absolute atomic E-state index is 0.282. The maximum Gasteiger partial charge on any atom is 0.154 e. The van der Waals surface area contributed by atoms with Gasteiger partial charge in [0.2, 0.25) is 0 Å². The third kappa shape index (κ3) is 3.23. The van der Waals surface area contributed by atoms with E-state index in [1.165, 1.54) is 6.26 Å². The Hall–Kier alpha value is -0.880. The summed E-state index contributed by atoms with van der Waals surface area (Å²) >= 11 is 6.12. The van der Waals surface area contributed by atoms with Crippen molar-refractivity contribution in [3.63, 3.8) is 0 Å². The number of halogens is 1. The zero-order valence-corrected chi connectivity index (χ0v) is 13.8. The van der Waals surface area contributed by atoms with Gasteiger partial charge in [0.25, 0.3) is 0 Å². The lowest BCUT2D eigenvalue weighted by atomic mass is 10.2. The molecule has 0 bridgehead atoms. The van der Waals surface area contributed by atoms with Crippen molar-refractivity contribution in [3.05, 3.63) is 16.5 Å². The van der Waals surface area contributed by atoms with Crippen LogP contribution in [0.2, 0.25) is 5.15 Å². The lowest BCUT2D eigenvalue weighted by Crippen LogP contribution is -2.38. The summed E-state index contributed by atoms with van der Waals surface area (Å²) < 4.78 is 22.6. The summed E-state index contributed by atoms with van der Waals surface area (Å²) in [5.74, 6) is 1.78. The Morgan fingerprint density at radius 2 is 1.95 bits per heavy atom. The topological polar surface area (TPSA) is 72.0 Å². The molecule has 1 aliphatic rings. The van der Waals surface area contributed by atoms with Gasteiger partial charge < -0.3 is 5.32 Å². The number of anilines is 1. The molecule has 20 heavy (non-hydrogen) atoms. The van der Waals surface area contributed by atoms with Crippen LogP contribution in [-0.4, -0.2) is 35.9 Å². The molecule has 0 atom stereocenters. The summed E-state index contributed by atoms with van der Waals surface area (Å²) in [4.78, 5) is 8.76. The molecule has 1 aliphatic carbocycles. The van der Waals surface area contributed by atoms with E-state index < -0.39 is 14.6 Å². The van der Waals surface area contributed by atoms with Gasteiger partial charge in [-0.1, -0.05) is 11.6 Å². The molecule has 1 aromatic rings. The van der Waals surface area contributed by atoms with Gasteiger partial charge in [0, 0.05) is 24.3 Å². The van der Waals surface area contributed by atoms with E-state index in [-0.39, 0.29) is 6.54 Å². The lowest BCUT2D eigenvalue weighted by Gasteiger charge is -2.23. The third-order valence-electron chi connectivity index (χ3n) is 3.73. The number of hydrogen-bond donors (Lipinski definition) is 1. The summed E-state index contributed by atoms with van der Waals surface area (Å²) in [6.45, 7) is 5.49. The van der Waals surface area contributed by atoms with E-state index in [0.29, 0.717) is 16.9 Å². The van der Waals surface area contributed by atoms with Gasteiger partial charge in [0.15, 0.2) is 9.84 Å². The van der Waals surface area contributed by atoms with Crippen LogP contribution in [0.5, 0.6) is 0 Å². The van der Waals surface area contributed by atoms with Gasteiger partial charge in [-0.15, -0.1) is 0 Å². The molecule has 5 nitrogen and oxygen atoms in total. The average Bonchev–Trinajstić information content (AvgIpc) is 3.13. The van der Waals surface area contributed by atoms with E-state index in [2.05, 4.69) is 15.3 Å². The molecule has 1 aromatic heterocycles. The smallest absolute Gasteiger partial charge is 0.154 e. The summed E-state index contributed by atoms with van der Waals surface area (Å²) in [6, 6.07) is 0. The molecule has 1 fully saturated rings. The maximum atomic E-state index is 11.7. The Kier molecular flexibility index (Phi) is 3.99. The fourth-order valence-corrected chi connectivity index (χ4v) is 2.14. The molecule has 0 aromatic carbocycles. The van der Waals surface area contributed by atoms with Crippen LogP contribution in [-0.2, 0) is 9.84 Å². The van der Waals surface area contributed by atoms with Crippen LogP contribution >= 0.6 is 11.6 Å². The largest absolute Gasteiger partial charge is 0.368 e. The second kappa shape index (κ2) is 5.15. The molecule has 7 heteroatoms. The van der Waals surface area contributed by atoms with Crippen molar-refractivity contribution in [3.8, 4) is 0 Å². The van der Waals surface area contributed by atoms with Gasteiger partial charge in [-0.05, 0) is 33.6 Å². The molecule has 0 aliphatic heterocycles. The predicted octanol–water partition coefficient (Wildman–Crippen LogP) is 2.55. The highest BCUT2D eigenvalue weighted by atomic mass is 35.5. The number of aromatic nitrogens is 2. The average molecular weight is 318 g/mol. The molecule has 1 heterocycles. The molecule has 2 rings (SSSR count). The molecule has 1 N–H and O–H groups in total. The van der Waals surface area contributed by atoms with Gasteiger partial charge >= 0.3 is 0 Å². The first-order chi connectivity index (χ1) is 9.12. The van der Waals surface area contributed by atoms with E-state index in [0.717, 1.165) is 24.2 Å². The quantitative estimate of drug-likeness (QED) is 0.845. The monoisotopic (exact) mass is 317 g/mol. The highest BCUT2D eigenvalue weighted by Gasteiger charge is 2.31. The first-order valence-corrected chi connectivity index (χ1v) is 8.86. The number of hydrogen-bond acceptors (Lipinski definition) is 5. The van der Waals surface area contributed by atoms with Crippen LogP contribution in [0.15, 0.2) is 0 Å². The third-order valence-corrected chi connectivity index (χ3v) is 6.25. The van der Waals surface area contributed by atoms with Crippen LogP contribution in [0, 0.1) is 6.92 Å². The van der Waals surface area contributed by atoms with Crippen molar-refractivity contribution in [2.45, 2.75) is 44.3 Å². The second-order valence-corrected chi connectivity index (χ2v) is 9.01. The van der Waals surface area contributed by atoms with Gasteiger partial charge in [0.1, 0.15) is 16.8 Å². The van der Waals surface area contributed by atoms with E-state index >= 15 is 0 Å². The van der Waals surface area contributed by atoms with Gasteiger partial charge in [-0.3, -0.25) is 0 Å². The van der Waals surface area contributed by atoms with Gasteiger partial charge in [-0.2, -0.15) is 0 Å². The van der Waals surface area contributed by atoms with Crippen molar-refractivity contribution in [1.29, 1.82) is 0 Å². The Morgan fingerprint density at radius 1 is 1.35 bits per heavy atom. The summed E-state index contributed by atoms with van der Waals surface area (Å²) in [5, 5.41) is 3.54. The van der Waals surface area contributed by atoms with E-state index in [1.54, 1.807) is 13.8 Å². The fourth-order valence-electron chi connectivity index (χ4n) is 1.63. The standard InChI is InChI=1S/C13H20ClN3O2S/c1-8-10(14)16-12(9-5-6-9)17-11(8)15-7-13(2,3)20(4,18)19/h9H,5-7H2,1-4H3,(H,15,16,17). The second-order valence-electron chi connectivity index (χ2n) is 6.01. The SMILES string of the molecule is Cc1c(Cl)nc(C2CC2)nc1NCC(C)(C)S(C)(=O)=O. The van der Waals surface area contributed by atoms with Crippen LogP contribution in [0.25, 0.3) is 0 Å². The minimum Gasteiger partial charge on any atom is -0.368 e.